The van der Waals surface area contributed by atoms with Gasteiger partial charge in [-0.25, -0.2) is 4.98 Å². The van der Waals surface area contributed by atoms with E-state index in [9.17, 15) is 0 Å². The predicted molar refractivity (Wildman–Crippen MR) is 90.6 cm³/mol. The molecule has 0 aliphatic carbocycles. The molecule has 5 nitrogen and oxygen atoms in total. The zero-order valence-electron chi connectivity index (χ0n) is 13.9. The van der Waals surface area contributed by atoms with E-state index in [1.807, 2.05) is 31.1 Å². The van der Waals surface area contributed by atoms with E-state index in [0.29, 0.717) is 18.1 Å². The topological polar surface area (TPSA) is 55.1 Å². The van der Waals surface area contributed by atoms with Crippen molar-refractivity contribution in [3.63, 3.8) is 0 Å². The number of aromatic nitrogens is 3. The molecule has 3 rings (SSSR count). The average Bonchev–Trinajstić information content (AvgIpc) is 2.99. The van der Waals surface area contributed by atoms with Crippen molar-refractivity contribution in [1.29, 1.82) is 0 Å². The van der Waals surface area contributed by atoms with E-state index in [2.05, 4.69) is 47.2 Å². The quantitative estimate of drug-likeness (QED) is 0.739. The van der Waals surface area contributed by atoms with Crippen LogP contribution in [0.4, 0.5) is 5.82 Å². The van der Waals surface area contributed by atoms with Gasteiger partial charge in [-0.3, -0.25) is 0 Å². The smallest absolute Gasteiger partial charge is 0.231 e. The lowest BCUT2D eigenvalue weighted by Crippen LogP contribution is -2.10. The van der Waals surface area contributed by atoms with Gasteiger partial charge in [0.2, 0.25) is 11.7 Å². The maximum atomic E-state index is 5.37. The third-order valence-corrected chi connectivity index (χ3v) is 3.86. The molecule has 0 aliphatic heterocycles. The van der Waals surface area contributed by atoms with Crippen LogP contribution in [0.1, 0.15) is 22.6 Å². The Morgan fingerprint density at radius 3 is 2.52 bits per heavy atom. The first-order chi connectivity index (χ1) is 11.0. The minimum Gasteiger partial charge on any atom is -0.363 e. The lowest BCUT2D eigenvalue weighted by atomic mass is 10.0. The van der Waals surface area contributed by atoms with Gasteiger partial charge in [-0.2, -0.15) is 4.98 Å². The summed E-state index contributed by atoms with van der Waals surface area (Å²) in [5.74, 6) is 2.08. The van der Waals surface area contributed by atoms with Gasteiger partial charge in [-0.1, -0.05) is 23.4 Å². The zero-order valence-corrected chi connectivity index (χ0v) is 13.9. The molecule has 23 heavy (non-hydrogen) atoms. The maximum absolute atomic E-state index is 5.37. The van der Waals surface area contributed by atoms with Gasteiger partial charge in [0.15, 0.2) is 0 Å². The van der Waals surface area contributed by atoms with Gasteiger partial charge in [0.1, 0.15) is 5.82 Å². The number of nitrogens with zero attached hydrogens (tertiary/aromatic N) is 4. The lowest BCUT2D eigenvalue weighted by molar-refractivity contribution is 0.385. The number of hydrogen-bond donors (Lipinski definition) is 0. The van der Waals surface area contributed by atoms with Crippen molar-refractivity contribution in [3.8, 4) is 11.4 Å². The largest absolute Gasteiger partial charge is 0.363 e. The normalized spacial score (nSPS) is 10.8. The van der Waals surface area contributed by atoms with E-state index in [-0.39, 0.29) is 0 Å². The Balaban J connectivity index is 1.78. The summed E-state index contributed by atoms with van der Waals surface area (Å²) in [7, 11) is 3.91. The first-order valence-electron chi connectivity index (χ1n) is 7.55. The van der Waals surface area contributed by atoms with Crippen LogP contribution < -0.4 is 4.90 Å². The molecule has 118 valence electrons. The fourth-order valence-electron chi connectivity index (χ4n) is 2.31. The van der Waals surface area contributed by atoms with Gasteiger partial charge in [-0.05, 0) is 42.7 Å². The second-order valence-corrected chi connectivity index (χ2v) is 5.91. The molecule has 0 aliphatic rings. The molecular formula is C18H20N4O. The third-order valence-electron chi connectivity index (χ3n) is 3.86. The highest BCUT2D eigenvalue weighted by atomic mass is 16.5. The van der Waals surface area contributed by atoms with Gasteiger partial charge >= 0.3 is 0 Å². The number of benzene rings is 1. The van der Waals surface area contributed by atoms with Crippen molar-refractivity contribution in [2.45, 2.75) is 20.3 Å². The van der Waals surface area contributed by atoms with Crippen molar-refractivity contribution in [2.24, 2.45) is 0 Å². The maximum Gasteiger partial charge on any atom is 0.231 e. The minimum absolute atomic E-state index is 0.571. The standard InChI is InChI=1S/C18H20N4O/c1-12-5-6-14(9-13(12)2)10-17-20-18(21-23-17)15-7-8-16(19-11-15)22(3)4/h5-9,11H,10H2,1-4H3. The van der Waals surface area contributed by atoms with Crippen LogP contribution in [0.5, 0.6) is 0 Å². The fraction of sp³-hybridized carbons (Fsp3) is 0.278. The second kappa shape index (κ2) is 6.20. The van der Waals surface area contributed by atoms with Crippen LogP contribution in [0.25, 0.3) is 11.4 Å². The molecule has 5 heteroatoms. The molecule has 0 bridgehead atoms. The Labute approximate surface area is 136 Å². The summed E-state index contributed by atoms with van der Waals surface area (Å²) < 4.78 is 5.37. The van der Waals surface area contributed by atoms with E-state index in [0.717, 1.165) is 11.4 Å². The zero-order chi connectivity index (χ0) is 16.4. The highest BCUT2D eigenvalue weighted by molar-refractivity contribution is 5.55. The van der Waals surface area contributed by atoms with Crippen LogP contribution in [0, 0.1) is 13.8 Å². The SMILES string of the molecule is Cc1ccc(Cc2nc(-c3ccc(N(C)C)nc3)no2)cc1C. The summed E-state index contributed by atoms with van der Waals surface area (Å²) in [4.78, 5) is 10.8. The molecule has 2 aromatic heterocycles. The van der Waals surface area contributed by atoms with E-state index >= 15 is 0 Å². The summed E-state index contributed by atoms with van der Waals surface area (Å²) in [6.07, 6.45) is 2.40. The number of aryl methyl sites for hydroxylation is 2. The Morgan fingerprint density at radius 2 is 1.87 bits per heavy atom. The van der Waals surface area contributed by atoms with Crippen LogP contribution in [0.2, 0.25) is 0 Å². The van der Waals surface area contributed by atoms with Crippen LogP contribution in [0.3, 0.4) is 0 Å². The Bertz CT molecular complexity index is 806. The average molecular weight is 308 g/mol. The molecule has 0 amide bonds. The van der Waals surface area contributed by atoms with Crippen LogP contribution in [0.15, 0.2) is 41.1 Å². The monoisotopic (exact) mass is 308 g/mol. The molecule has 0 fully saturated rings. The van der Waals surface area contributed by atoms with Crippen molar-refractivity contribution in [3.05, 3.63) is 59.1 Å². The van der Waals surface area contributed by atoms with E-state index < -0.39 is 0 Å². The first-order valence-corrected chi connectivity index (χ1v) is 7.55. The van der Waals surface area contributed by atoms with Crippen molar-refractivity contribution >= 4 is 5.82 Å². The predicted octanol–water partition coefficient (Wildman–Crippen LogP) is 3.41. The summed E-state index contributed by atoms with van der Waals surface area (Å²) in [6, 6.07) is 10.3. The highest BCUT2D eigenvalue weighted by Crippen LogP contribution is 2.19. The lowest BCUT2D eigenvalue weighted by Gasteiger charge is -2.10. The minimum atomic E-state index is 0.571. The number of hydrogen-bond acceptors (Lipinski definition) is 5. The van der Waals surface area contributed by atoms with E-state index in [1.165, 1.54) is 16.7 Å². The van der Waals surface area contributed by atoms with Crippen molar-refractivity contribution < 1.29 is 4.52 Å². The first kappa shape index (κ1) is 15.2. The molecule has 0 spiro atoms. The van der Waals surface area contributed by atoms with Crippen LogP contribution >= 0.6 is 0 Å². The summed E-state index contributed by atoms with van der Waals surface area (Å²) >= 11 is 0. The van der Waals surface area contributed by atoms with Crippen molar-refractivity contribution in [1.82, 2.24) is 15.1 Å². The molecular weight excluding hydrogens is 288 g/mol. The molecule has 0 saturated carbocycles. The molecule has 0 N–H and O–H groups in total. The Hall–Kier alpha value is -2.69. The fourth-order valence-corrected chi connectivity index (χ4v) is 2.31. The van der Waals surface area contributed by atoms with E-state index in [4.69, 9.17) is 4.52 Å². The van der Waals surface area contributed by atoms with Gasteiger partial charge in [0, 0.05) is 25.9 Å². The molecule has 1 aromatic carbocycles. The Morgan fingerprint density at radius 1 is 1.04 bits per heavy atom. The van der Waals surface area contributed by atoms with Gasteiger partial charge in [-0.15, -0.1) is 0 Å². The molecule has 3 aromatic rings. The van der Waals surface area contributed by atoms with Gasteiger partial charge < -0.3 is 9.42 Å². The number of anilines is 1. The van der Waals surface area contributed by atoms with Gasteiger partial charge in [0.05, 0.1) is 6.42 Å². The van der Waals surface area contributed by atoms with Gasteiger partial charge in [0.25, 0.3) is 0 Å². The van der Waals surface area contributed by atoms with E-state index in [1.54, 1.807) is 6.20 Å². The summed E-state index contributed by atoms with van der Waals surface area (Å²) in [6.45, 7) is 4.21. The summed E-state index contributed by atoms with van der Waals surface area (Å²) in [5, 5.41) is 4.06. The van der Waals surface area contributed by atoms with Crippen LogP contribution in [-0.4, -0.2) is 29.2 Å². The molecule has 0 saturated heterocycles. The molecule has 0 radical (unpaired) electrons. The van der Waals surface area contributed by atoms with Crippen molar-refractivity contribution in [2.75, 3.05) is 19.0 Å². The Kier molecular flexibility index (Phi) is 4.10. The number of rotatable bonds is 4. The molecule has 0 unspecified atom stereocenters. The highest BCUT2D eigenvalue weighted by Gasteiger charge is 2.10. The molecule has 2 heterocycles. The summed E-state index contributed by atoms with van der Waals surface area (Å²) in [5.41, 5.74) is 4.58. The van der Waals surface area contributed by atoms with Crippen LogP contribution in [-0.2, 0) is 6.42 Å². The third kappa shape index (κ3) is 3.39. The molecule has 0 atom stereocenters. The number of pyridine rings is 1. The second-order valence-electron chi connectivity index (χ2n) is 5.91.